The molecule has 4 nitrogen and oxygen atoms in total. The van der Waals surface area contributed by atoms with Gasteiger partial charge in [0, 0.05) is 19.5 Å². The largest absolute Gasteiger partial charge is 0.444 e. The number of likely N-dealkylation sites (tertiary alicyclic amines) is 1. The Balaban J connectivity index is 2.60. The third kappa shape index (κ3) is 3.63. The summed E-state index contributed by atoms with van der Waals surface area (Å²) in [4.78, 5) is 13.4. The molecule has 0 aromatic heterocycles. The molecule has 1 saturated heterocycles. The predicted molar refractivity (Wildman–Crippen MR) is 59.9 cm³/mol. The molecule has 0 spiro atoms. The van der Waals surface area contributed by atoms with Crippen molar-refractivity contribution < 1.29 is 13.9 Å². The Morgan fingerprint density at radius 1 is 1.56 bits per heavy atom. The smallest absolute Gasteiger partial charge is 0.410 e. The van der Waals surface area contributed by atoms with Gasteiger partial charge in [0.1, 0.15) is 11.8 Å². The van der Waals surface area contributed by atoms with Gasteiger partial charge in [0.05, 0.1) is 6.04 Å². The van der Waals surface area contributed by atoms with Crippen molar-refractivity contribution in [1.29, 1.82) is 0 Å². The number of rotatable bonds is 1. The Bertz CT molecular complexity index is 253. The Morgan fingerprint density at radius 2 is 2.19 bits per heavy atom. The van der Waals surface area contributed by atoms with Crippen LogP contribution in [0.5, 0.6) is 0 Å². The Hall–Kier alpha value is -0.840. The first-order valence-electron chi connectivity index (χ1n) is 5.67. The third-order valence-corrected chi connectivity index (χ3v) is 2.55. The number of halogens is 1. The van der Waals surface area contributed by atoms with Crippen LogP contribution in [0.2, 0.25) is 0 Å². The highest BCUT2D eigenvalue weighted by Crippen LogP contribution is 2.21. The third-order valence-electron chi connectivity index (χ3n) is 2.55. The molecule has 2 N–H and O–H groups in total. The van der Waals surface area contributed by atoms with E-state index in [2.05, 4.69) is 0 Å². The van der Waals surface area contributed by atoms with Gasteiger partial charge in [-0.05, 0) is 27.2 Å². The van der Waals surface area contributed by atoms with Crippen molar-refractivity contribution in [2.24, 2.45) is 5.73 Å². The number of nitrogens with two attached hydrogens (primary N) is 1. The van der Waals surface area contributed by atoms with Crippen LogP contribution >= 0.6 is 0 Å². The van der Waals surface area contributed by atoms with Gasteiger partial charge in [-0.25, -0.2) is 9.18 Å². The second-order valence-electron chi connectivity index (χ2n) is 5.18. The van der Waals surface area contributed by atoms with Gasteiger partial charge in [-0.3, -0.25) is 0 Å². The molecular formula is C11H21FN2O2. The minimum absolute atomic E-state index is 0.237. The maximum absolute atomic E-state index is 13.2. The van der Waals surface area contributed by atoms with E-state index in [0.29, 0.717) is 19.4 Å². The van der Waals surface area contributed by atoms with Crippen LogP contribution in [0.25, 0.3) is 0 Å². The summed E-state index contributed by atoms with van der Waals surface area (Å²) in [6, 6.07) is -0.237. The van der Waals surface area contributed by atoms with Crippen molar-refractivity contribution in [3.8, 4) is 0 Å². The van der Waals surface area contributed by atoms with E-state index in [4.69, 9.17) is 10.5 Å². The maximum atomic E-state index is 13.2. The Kier molecular flexibility index (Phi) is 4.13. The number of carbonyl (C=O) groups excluding carboxylic acids is 1. The molecule has 16 heavy (non-hydrogen) atoms. The summed E-state index contributed by atoms with van der Waals surface area (Å²) >= 11 is 0. The van der Waals surface area contributed by atoms with E-state index in [1.54, 1.807) is 4.90 Å². The van der Waals surface area contributed by atoms with Crippen LogP contribution in [-0.2, 0) is 4.74 Å². The minimum Gasteiger partial charge on any atom is -0.444 e. The van der Waals surface area contributed by atoms with E-state index in [1.165, 1.54) is 0 Å². The van der Waals surface area contributed by atoms with Gasteiger partial charge >= 0.3 is 6.09 Å². The van der Waals surface area contributed by atoms with Crippen LogP contribution in [0.4, 0.5) is 9.18 Å². The summed E-state index contributed by atoms with van der Waals surface area (Å²) in [5.74, 6) is 0. The first kappa shape index (κ1) is 13.2. The fourth-order valence-electron chi connectivity index (χ4n) is 1.79. The molecule has 1 aliphatic heterocycles. The van der Waals surface area contributed by atoms with Gasteiger partial charge in [0.2, 0.25) is 0 Å². The highest BCUT2D eigenvalue weighted by Gasteiger charge is 2.33. The second-order valence-corrected chi connectivity index (χ2v) is 5.18. The molecule has 0 radical (unpaired) electrons. The van der Waals surface area contributed by atoms with Gasteiger partial charge in [0.25, 0.3) is 0 Å². The zero-order valence-corrected chi connectivity index (χ0v) is 10.2. The van der Waals surface area contributed by atoms with Crippen LogP contribution in [0.3, 0.4) is 0 Å². The van der Waals surface area contributed by atoms with Crippen molar-refractivity contribution in [2.45, 2.75) is 51.4 Å². The van der Waals surface area contributed by atoms with Gasteiger partial charge in [-0.15, -0.1) is 0 Å². The summed E-state index contributed by atoms with van der Waals surface area (Å²) < 4.78 is 18.4. The molecule has 0 unspecified atom stereocenters. The number of hydrogen-bond donors (Lipinski definition) is 1. The Labute approximate surface area is 95.9 Å². The number of nitrogens with zero attached hydrogens (tertiary/aromatic N) is 1. The van der Waals surface area contributed by atoms with Crippen molar-refractivity contribution in [3.63, 3.8) is 0 Å². The molecule has 1 aliphatic rings. The Morgan fingerprint density at radius 3 is 2.69 bits per heavy atom. The monoisotopic (exact) mass is 232 g/mol. The summed E-state index contributed by atoms with van der Waals surface area (Å²) in [6.07, 6.45) is -0.562. The average Bonchev–Trinajstić information content (AvgIpc) is 2.14. The SMILES string of the molecule is CC(C)(C)OC(=O)N1CC[C@H](F)C[C@@H]1CN. The molecule has 0 aliphatic carbocycles. The standard InChI is InChI=1S/C11H21FN2O2/c1-11(2,3)16-10(15)14-5-4-8(12)6-9(14)7-13/h8-9H,4-7,13H2,1-3H3/t8-,9+/m0/s1. The lowest BCUT2D eigenvalue weighted by Crippen LogP contribution is -2.51. The average molecular weight is 232 g/mol. The van der Waals surface area contributed by atoms with Gasteiger partial charge in [-0.1, -0.05) is 0 Å². The molecule has 1 fully saturated rings. The summed E-state index contributed by atoms with van der Waals surface area (Å²) in [7, 11) is 0. The van der Waals surface area contributed by atoms with E-state index in [0.717, 1.165) is 0 Å². The van der Waals surface area contributed by atoms with E-state index >= 15 is 0 Å². The lowest BCUT2D eigenvalue weighted by atomic mass is 10.0. The molecular weight excluding hydrogens is 211 g/mol. The van der Waals surface area contributed by atoms with Crippen molar-refractivity contribution in [2.75, 3.05) is 13.1 Å². The van der Waals surface area contributed by atoms with Crippen LogP contribution in [-0.4, -0.2) is 41.9 Å². The van der Waals surface area contributed by atoms with Crippen LogP contribution < -0.4 is 5.73 Å². The van der Waals surface area contributed by atoms with Crippen LogP contribution in [0.1, 0.15) is 33.6 Å². The fourth-order valence-corrected chi connectivity index (χ4v) is 1.79. The minimum atomic E-state index is -0.854. The van der Waals surface area contributed by atoms with Crippen LogP contribution in [0, 0.1) is 0 Å². The second kappa shape index (κ2) is 4.99. The molecule has 0 aromatic carbocycles. The number of carbonyl (C=O) groups is 1. The highest BCUT2D eigenvalue weighted by molar-refractivity contribution is 5.68. The molecule has 5 heteroatoms. The summed E-state index contributed by atoms with van der Waals surface area (Å²) in [6.45, 7) is 6.09. The highest BCUT2D eigenvalue weighted by atomic mass is 19.1. The lowest BCUT2D eigenvalue weighted by Gasteiger charge is -2.37. The van der Waals surface area contributed by atoms with Crippen molar-refractivity contribution in [3.05, 3.63) is 0 Å². The zero-order valence-electron chi connectivity index (χ0n) is 10.2. The van der Waals surface area contributed by atoms with Gasteiger partial charge in [-0.2, -0.15) is 0 Å². The predicted octanol–water partition coefficient (Wildman–Crippen LogP) is 1.68. The quantitative estimate of drug-likeness (QED) is 0.748. The molecule has 1 amide bonds. The van der Waals surface area contributed by atoms with E-state index < -0.39 is 17.9 Å². The number of hydrogen-bond acceptors (Lipinski definition) is 3. The molecule has 0 saturated carbocycles. The van der Waals surface area contributed by atoms with Crippen molar-refractivity contribution >= 4 is 6.09 Å². The fraction of sp³-hybridized carbons (Fsp3) is 0.909. The molecule has 0 bridgehead atoms. The summed E-state index contributed by atoms with van der Waals surface area (Å²) in [5.41, 5.74) is 5.02. The number of piperidine rings is 1. The van der Waals surface area contributed by atoms with Gasteiger partial charge < -0.3 is 15.4 Å². The molecule has 2 atom stereocenters. The number of amides is 1. The van der Waals surface area contributed by atoms with Gasteiger partial charge in [0.15, 0.2) is 0 Å². The normalized spacial score (nSPS) is 26.7. The first-order chi connectivity index (χ1) is 7.33. The zero-order chi connectivity index (χ0) is 12.3. The molecule has 1 heterocycles. The lowest BCUT2D eigenvalue weighted by molar-refractivity contribution is 0.00344. The van der Waals surface area contributed by atoms with E-state index in [-0.39, 0.29) is 12.6 Å². The number of ether oxygens (including phenoxy) is 1. The first-order valence-corrected chi connectivity index (χ1v) is 5.67. The molecule has 94 valence electrons. The molecule has 0 aromatic rings. The van der Waals surface area contributed by atoms with Crippen molar-refractivity contribution in [1.82, 2.24) is 4.90 Å². The topological polar surface area (TPSA) is 55.6 Å². The van der Waals surface area contributed by atoms with E-state index in [9.17, 15) is 9.18 Å². The maximum Gasteiger partial charge on any atom is 0.410 e. The van der Waals surface area contributed by atoms with E-state index in [1.807, 2.05) is 20.8 Å². The molecule has 1 rings (SSSR count). The summed E-state index contributed by atoms with van der Waals surface area (Å²) in [5, 5.41) is 0. The van der Waals surface area contributed by atoms with Crippen LogP contribution in [0.15, 0.2) is 0 Å². The number of alkyl halides is 1.